The summed E-state index contributed by atoms with van der Waals surface area (Å²) in [4.78, 5) is 17.6. The van der Waals surface area contributed by atoms with Gasteiger partial charge in [-0.3, -0.25) is 0 Å². The maximum Gasteiger partial charge on any atom is 0.322 e. The van der Waals surface area contributed by atoms with Crippen LogP contribution < -0.4 is 10.1 Å². The summed E-state index contributed by atoms with van der Waals surface area (Å²) in [6.07, 6.45) is 7.72. The van der Waals surface area contributed by atoms with Gasteiger partial charge in [-0.05, 0) is 79.1 Å². The number of urea groups is 1. The minimum absolute atomic E-state index is 0.0759. The van der Waals surface area contributed by atoms with Gasteiger partial charge >= 0.3 is 6.03 Å². The number of fused-ring (bicyclic) bond motifs is 5. The maximum atomic E-state index is 14.1. The van der Waals surface area contributed by atoms with Gasteiger partial charge in [0.25, 0.3) is 0 Å². The molecular weight excluding hydrogens is 466 g/mol. The Hall–Kier alpha value is -3.51. The number of methoxy groups -OCH3 is 1. The van der Waals surface area contributed by atoms with E-state index in [0.29, 0.717) is 6.54 Å². The molecule has 5 nitrogen and oxygen atoms in total. The van der Waals surface area contributed by atoms with E-state index in [1.165, 1.54) is 33.8 Å². The second-order valence-electron chi connectivity index (χ2n) is 9.54. The quantitative estimate of drug-likeness (QED) is 0.326. The van der Waals surface area contributed by atoms with E-state index in [4.69, 9.17) is 4.74 Å². The molecule has 1 aliphatic carbocycles. The third kappa shape index (κ3) is 3.90. The number of rotatable bonds is 4. The van der Waals surface area contributed by atoms with Crippen LogP contribution in [0.4, 0.5) is 10.5 Å². The second-order valence-corrected chi connectivity index (χ2v) is 10.6. The lowest BCUT2D eigenvalue weighted by Gasteiger charge is -2.32. The molecule has 2 aromatic heterocycles. The highest BCUT2D eigenvalue weighted by atomic mass is 32.1. The Morgan fingerprint density at radius 1 is 1.03 bits per heavy atom. The van der Waals surface area contributed by atoms with Crippen molar-refractivity contribution in [1.29, 1.82) is 0 Å². The number of aromatic nitrogens is 1. The second kappa shape index (κ2) is 9.51. The van der Waals surface area contributed by atoms with Crippen LogP contribution in [0.3, 0.4) is 0 Å². The lowest BCUT2D eigenvalue weighted by Crippen LogP contribution is -2.38. The summed E-state index contributed by atoms with van der Waals surface area (Å²) in [5, 5.41) is 4.53. The highest BCUT2D eigenvalue weighted by molar-refractivity contribution is 7.15. The molecule has 2 aliphatic rings. The number of nitrogens with one attached hydrogen (secondary N) is 1. The third-order valence-corrected chi connectivity index (χ3v) is 8.84. The third-order valence-electron chi connectivity index (χ3n) is 7.51. The van der Waals surface area contributed by atoms with Crippen LogP contribution >= 0.6 is 11.3 Å². The molecule has 6 rings (SSSR count). The Morgan fingerprint density at radius 3 is 2.64 bits per heavy atom. The number of aryl methyl sites for hydroxylation is 2. The number of para-hydroxylation sites is 1. The number of thiophene rings is 1. The van der Waals surface area contributed by atoms with E-state index in [2.05, 4.69) is 53.3 Å². The Morgan fingerprint density at radius 2 is 1.83 bits per heavy atom. The minimum Gasteiger partial charge on any atom is -0.497 e. The first kappa shape index (κ1) is 22.9. The number of benzene rings is 2. The van der Waals surface area contributed by atoms with E-state index in [0.717, 1.165) is 47.5 Å². The van der Waals surface area contributed by atoms with E-state index in [-0.39, 0.29) is 12.1 Å². The molecule has 3 heterocycles. The van der Waals surface area contributed by atoms with Gasteiger partial charge in [0.15, 0.2) is 0 Å². The first-order valence-electron chi connectivity index (χ1n) is 12.8. The topological polar surface area (TPSA) is 46.5 Å². The van der Waals surface area contributed by atoms with Gasteiger partial charge in [-0.2, -0.15) is 0 Å². The molecule has 2 amide bonds. The summed E-state index contributed by atoms with van der Waals surface area (Å²) < 4.78 is 7.74. The van der Waals surface area contributed by atoms with Gasteiger partial charge in [-0.1, -0.05) is 37.3 Å². The fourth-order valence-electron chi connectivity index (χ4n) is 5.66. The molecule has 0 fully saturated rings. The van der Waals surface area contributed by atoms with Crippen LogP contribution in [0.25, 0.3) is 5.00 Å². The standard InChI is InChI=1S/C30H31N3O2S/c1-3-20-9-4-6-11-25(20)31-30(34)33-19-24-23-10-5-7-13-27(23)36-29(24)32-18-8-12-26(32)28(33)21-14-16-22(35-2)17-15-21/h4,6,8-9,11-12,14-18,28H,3,5,7,10,13,19H2,1-2H3,(H,31,34). The van der Waals surface area contributed by atoms with E-state index in [1.807, 2.05) is 46.6 Å². The van der Waals surface area contributed by atoms with Crippen molar-refractivity contribution in [2.24, 2.45) is 0 Å². The molecule has 184 valence electrons. The van der Waals surface area contributed by atoms with Crippen molar-refractivity contribution in [1.82, 2.24) is 9.47 Å². The van der Waals surface area contributed by atoms with Gasteiger partial charge in [-0.25, -0.2) is 4.79 Å². The summed E-state index contributed by atoms with van der Waals surface area (Å²) in [7, 11) is 1.68. The van der Waals surface area contributed by atoms with Crippen molar-refractivity contribution in [3.8, 4) is 10.8 Å². The Balaban J connectivity index is 1.49. The van der Waals surface area contributed by atoms with Gasteiger partial charge in [-0.15, -0.1) is 11.3 Å². The zero-order valence-electron chi connectivity index (χ0n) is 20.8. The zero-order valence-corrected chi connectivity index (χ0v) is 21.6. The average molecular weight is 498 g/mol. The first-order valence-corrected chi connectivity index (χ1v) is 13.6. The normalized spacial score (nSPS) is 16.5. The molecule has 4 aromatic rings. The van der Waals surface area contributed by atoms with Crippen molar-refractivity contribution >= 4 is 23.1 Å². The van der Waals surface area contributed by atoms with Gasteiger partial charge in [0.2, 0.25) is 0 Å². The molecule has 36 heavy (non-hydrogen) atoms. The highest BCUT2D eigenvalue weighted by Gasteiger charge is 2.36. The Bertz CT molecular complexity index is 1400. The number of carbonyl (C=O) groups excluding carboxylic acids is 1. The van der Waals surface area contributed by atoms with E-state index in [9.17, 15) is 4.79 Å². The van der Waals surface area contributed by atoms with Gasteiger partial charge in [0, 0.05) is 22.3 Å². The van der Waals surface area contributed by atoms with Crippen LogP contribution in [0.1, 0.15) is 58.6 Å². The van der Waals surface area contributed by atoms with E-state index in [1.54, 1.807) is 7.11 Å². The Kier molecular flexibility index (Phi) is 6.05. The lowest BCUT2D eigenvalue weighted by atomic mass is 9.95. The van der Waals surface area contributed by atoms with Crippen LogP contribution in [-0.4, -0.2) is 22.6 Å². The SMILES string of the molecule is CCc1ccccc1NC(=O)N1Cc2c(sc3c2CCCC3)-n2cccc2C1c1ccc(OC)cc1. The Labute approximate surface area is 216 Å². The number of carbonyl (C=O) groups is 1. The van der Waals surface area contributed by atoms with Crippen LogP contribution in [0, 0.1) is 0 Å². The van der Waals surface area contributed by atoms with E-state index < -0.39 is 0 Å². The molecule has 1 unspecified atom stereocenters. The zero-order chi connectivity index (χ0) is 24.6. The van der Waals surface area contributed by atoms with Gasteiger partial charge in [0.1, 0.15) is 10.8 Å². The van der Waals surface area contributed by atoms with Crippen molar-refractivity contribution in [3.63, 3.8) is 0 Å². The van der Waals surface area contributed by atoms with Crippen molar-refractivity contribution < 1.29 is 9.53 Å². The number of hydrogen-bond acceptors (Lipinski definition) is 3. The van der Waals surface area contributed by atoms with Crippen LogP contribution in [0.2, 0.25) is 0 Å². The van der Waals surface area contributed by atoms with Crippen molar-refractivity contribution in [2.45, 2.75) is 51.6 Å². The fourth-order valence-corrected chi connectivity index (χ4v) is 7.07. The smallest absolute Gasteiger partial charge is 0.322 e. The summed E-state index contributed by atoms with van der Waals surface area (Å²) in [5.41, 5.74) is 6.96. The molecule has 0 saturated heterocycles. The van der Waals surface area contributed by atoms with Crippen molar-refractivity contribution in [3.05, 3.63) is 99.7 Å². The molecular formula is C30H31N3O2S. The number of nitrogens with zero attached hydrogens (tertiary/aromatic N) is 2. The molecule has 0 spiro atoms. The largest absolute Gasteiger partial charge is 0.497 e. The monoisotopic (exact) mass is 497 g/mol. The van der Waals surface area contributed by atoms with Crippen molar-refractivity contribution in [2.75, 3.05) is 12.4 Å². The summed E-state index contributed by atoms with van der Waals surface area (Å²) >= 11 is 1.91. The summed E-state index contributed by atoms with van der Waals surface area (Å²) in [6, 6.07) is 20.2. The van der Waals surface area contributed by atoms with Crippen LogP contribution in [0.15, 0.2) is 66.9 Å². The number of anilines is 1. The number of amides is 2. The molecule has 1 aliphatic heterocycles. The average Bonchev–Trinajstić information content (AvgIpc) is 3.51. The number of hydrogen-bond donors (Lipinski definition) is 1. The predicted octanol–water partition coefficient (Wildman–Crippen LogP) is 7.13. The fraction of sp³-hybridized carbons (Fsp3) is 0.300. The molecule has 1 N–H and O–H groups in total. The molecule has 1 atom stereocenters. The summed E-state index contributed by atoms with van der Waals surface area (Å²) in [5.74, 6) is 0.809. The molecule has 0 saturated carbocycles. The van der Waals surface area contributed by atoms with Gasteiger partial charge in [0.05, 0.1) is 25.4 Å². The first-order chi connectivity index (χ1) is 17.7. The lowest BCUT2D eigenvalue weighted by molar-refractivity contribution is 0.194. The van der Waals surface area contributed by atoms with Gasteiger partial charge < -0.3 is 19.5 Å². The van der Waals surface area contributed by atoms with E-state index >= 15 is 0 Å². The van der Waals surface area contributed by atoms with Crippen LogP contribution in [0.5, 0.6) is 5.75 Å². The molecule has 0 bridgehead atoms. The summed E-state index contributed by atoms with van der Waals surface area (Å²) in [6.45, 7) is 2.70. The number of ether oxygens (including phenoxy) is 1. The minimum atomic E-state index is -0.224. The molecule has 6 heteroatoms. The maximum absolute atomic E-state index is 14.1. The molecule has 2 aromatic carbocycles. The molecule has 0 radical (unpaired) electrons. The predicted molar refractivity (Wildman–Crippen MR) is 146 cm³/mol. The van der Waals surface area contributed by atoms with Crippen LogP contribution in [-0.2, 0) is 25.8 Å². The highest BCUT2D eigenvalue weighted by Crippen LogP contribution is 2.44.